The second kappa shape index (κ2) is 11.8. The minimum Gasteiger partial charge on any atom is -0.460 e. The maximum Gasteiger partial charge on any atom is 0.313 e. The van der Waals surface area contributed by atoms with E-state index < -0.39 is 29.9 Å². The van der Waals surface area contributed by atoms with E-state index >= 15 is 0 Å². The summed E-state index contributed by atoms with van der Waals surface area (Å²) in [6, 6.07) is 6.05. The Kier molecular flexibility index (Phi) is 9.01. The van der Waals surface area contributed by atoms with Gasteiger partial charge >= 0.3 is 5.97 Å². The molecule has 2 aromatic rings. The van der Waals surface area contributed by atoms with Gasteiger partial charge in [-0.2, -0.15) is 0 Å². The number of benzene rings is 1. The van der Waals surface area contributed by atoms with Gasteiger partial charge in [0.2, 0.25) is 0 Å². The molecular weight excluding hydrogens is 461 g/mol. The predicted molar refractivity (Wildman–Crippen MR) is 138 cm³/mol. The number of esters is 1. The largest absolute Gasteiger partial charge is 0.460 e. The number of aliphatic hydroxyl groups excluding tert-OH is 1. The molecule has 0 fully saturated rings. The zero-order valence-electron chi connectivity index (χ0n) is 21.6. The van der Waals surface area contributed by atoms with E-state index in [1.165, 1.54) is 18.2 Å². The number of pyridine rings is 1. The number of aliphatic hydroxyl groups is 1. The number of carbonyl (C=O) groups is 2. The summed E-state index contributed by atoms with van der Waals surface area (Å²) in [5.74, 6) is -1.40. The van der Waals surface area contributed by atoms with Gasteiger partial charge in [-0.15, -0.1) is 0 Å². The lowest BCUT2D eigenvalue weighted by atomic mass is 9.86. The molecule has 1 heterocycles. The Hall–Kier alpha value is -3.06. The van der Waals surface area contributed by atoms with E-state index in [0.29, 0.717) is 24.2 Å². The Bertz CT molecular complexity index is 1190. The van der Waals surface area contributed by atoms with Crippen LogP contribution in [0.3, 0.4) is 0 Å². The van der Waals surface area contributed by atoms with Crippen molar-refractivity contribution in [3.8, 4) is 11.3 Å². The van der Waals surface area contributed by atoms with E-state index in [2.05, 4.69) is 0 Å². The molecule has 194 valence electrons. The highest BCUT2D eigenvalue weighted by Gasteiger charge is 2.24. The summed E-state index contributed by atoms with van der Waals surface area (Å²) in [6.45, 7) is 7.69. The molecule has 1 atom stereocenters. The molecule has 0 spiro atoms. The number of hydrogen-bond donors (Lipinski definition) is 1. The fraction of sp³-hybridized carbons (Fsp3) is 0.483. The summed E-state index contributed by atoms with van der Waals surface area (Å²) in [6.07, 6.45) is 5.63. The number of aromatic nitrogens is 1. The quantitative estimate of drug-likeness (QED) is 0.389. The average Bonchev–Trinajstić information content (AvgIpc) is 2.79. The van der Waals surface area contributed by atoms with Crippen LogP contribution in [0.5, 0.6) is 0 Å². The zero-order chi connectivity index (χ0) is 26.5. The van der Waals surface area contributed by atoms with Crippen molar-refractivity contribution >= 4 is 17.8 Å². The molecule has 1 aromatic heterocycles. The summed E-state index contributed by atoms with van der Waals surface area (Å²) < 4.78 is 20.6. The van der Waals surface area contributed by atoms with Crippen LogP contribution in [0.1, 0.15) is 76.5 Å². The molecule has 1 aliphatic rings. The van der Waals surface area contributed by atoms with Crippen LogP contribution >= 0.6 is 0 Å². The van der Waals surface area contributed by atoms with Gasteiger partial charge in [0.1, 0.15) is 23.6 Å². The summed E-state index contributed by atoms with van der Waals surface area (Å²) in [4.78, 5) is 37.7. The van der Waals surface area contributed by atoms with Crippen molar-refractivity contribution in [2.75, 3.05) is 0 Å². The summed E-state index contributed by atoms with van der Waals surface area (Å²) in [5.41, 5.74) is 3.24. The third-order valence-corrected chi connectivity index (χ3v) is 6.07. The third kappa shape index (κ3) is 7.00. The molecule has 1 N–H and O–H groups in total. The van der Waals surface area contributed by atoms with Gasteiger partial charge in [0.15, 0.2) is 0 Å². The number of ketones is 1. The lowest BCUT2D eigenvalue weighted by molar-refractivity contribution is -0.156. The third-order valence-electron chi connectivity index (χ3n) is 6.07. The highest BCUT2D eigenvalue weighted by atomic mass is 19.1. The van der Waals surface area contributed by atoms with Crippen LogP contribution < -0.4 is 5.56 Å². The van der Waals surface area contributed by atoms with E-state index in [1.54, 1.807) is 43.5 Å². The Morgan fingerprint density at radius 1 is 1.14 bits per heavy atom. The molecule has 0 aliphatic heterocycles. The van der Waals surface area contributed by atoms with Crippen molar-refractivity contribution in [2.45, 2.75) is 90.9 Å². The van der Waals surface area contributed by atoms with E-state index in [-0.39, 0.29) is 17.8 Å². The number of halogens is 1. The first-order valence-electron chi connectivity index (χ1n) is 12.6. The van der Waals surface area contributed by atoms with E-state index in [4.69, 9.17) is 4.74 Å². The second-order valence-electron chi connectivity index (χ2n) is 10.3. The highest BCUT2D eigenvalue weighted by Crippen LogP contribution is 2.32. The normalized spacial score (nSPS) is 14.5. The number of rotatable bonds is 9. The molecule has 0 saturated carbocycles. The lowest BCUT2D eigenvalue weighted by Crippen LogP contribution is -2.30. The molecule has 6 nitrogen and oxygen atoms in total. The first-order chi connectivity index (χ1) is 17.0. The van der Waals surface area contributed by atoms with Crippen LogP contribution in [0.4, 0.5) is 4.39 Å². The van der Waals surface area contributed by atoms with E-state index in [9.17, 15) is 23.9 Å². The molecule has 0 amide bonds. The van der Waals surface area contributed by atoms with Gasteiger partial charge in [-0.3, -0.25) is 14.4 Å². The van der Waals surface area contributed by atoms with Crippen molar-refractivity contribution in [3.05, 3.63) is 63.2 Å². The summed E-state index contributed by atoms with van der Waals surface area (Å²) in [5, 5.41) is 10.6. The lowest BCUT2D eigenvalue weighted by Gasteiger charge is -2.25. The smallest absolute Gasteiger partial charge is 0.313 e. The molecule has 0 bridgehead atoms. The van der Waals surface area contributed by atoms with Gasteiger partial charge < -0.3 is 14.4 Å². The number of ether oxygens (including phenoxy) is 1. The average molecular weight is 498 g/mol. The first-order valence-corrected chi connectivity index (χ1v) is 12.6. The maximum atomic E-state index is 13.7. The number of hydrogen-bond acceptors (Lipinski definition) is 5. The van der Waals surface area contributed by atoms with Crippen molar-refractivity contribution in [1.82, 2.24) is 4.57 Å². The van der Waals surface area contributed by atoms with Gasteiger partial charge in [-0.1, -0.05) is 19.1 Å². The second-order valence-corrected chi connectivity index (χ2v) is 10.3. The number of fused-ring (bicyclic) bond motifs is 1. The van der Waals surface area contributed by atoms with Crippen molar-refractivity contribution in [2.24, 2.45) is 0 Å². The van der Waals surface area contributed by atoms with Crippen LogP contribution in [0, 0.1) is 5.82 Å². The van der Waals surface area contributed by atoms with Crippen LogP contribution in [-0.4, -0.2) is 33.1 Å². The van der Waals surface area contributed by atoms with Gasteiger partial charge in [-0.05, 0) is 88.3 Å². The fourth-order valence-corrected chi connectivity index (χ4v) is 4.65. The van der Waals surface area contributed by atoms with Crippen LogP contribution in [0.25, 0.3) is 17.3 Å². The monoisotopic (exact) mass is 497 g/mol. The molecule has 3 rings (SSSR count). The van der Waals surface area contributed by atoms with Gasteiger partial charge in [0, 0.05) is 24.1 Å². The summed E-state index contributed by atoms with van der Waals surface area (Å²) >= 11 is 0. The first kappa shape index (κ1) is 27.5. The molecule has 0 saturated heterocycles. The SMILES string of the molecule is CCCn1c(-c2ccc(F)cc2)c(C=CC(O)CC(=O)CC(=O)OC(C)(C)C)c2c(c1=O)CCCC2. The highest BCUT2D eigenvalue weighted by molar-refractivity contribution is 5.96. The molecule has 1 unspecified atom stereocenters. The standard InChI is InChI=1S/C29H36FNO5/c1-5-16-31-27(19-10-12-20(30)13-11-19)24(23-8-6-7-9-25(23)28(31)35)15-14-21(32)17-22(33)18-26(34)36-29(2,3)4/h10-15,21,32H,5-9,16-18H2,1-4H3. The molecule has 1 aromatic carbocycles. The Morgan fingerprint density at radius 3 is 2.39 bits per heavy atom. The van der Waals surface area contributed by atoms with E-state index in [0.717, 1.165) is 42.4 Å². The Labute approximate surface area is 211 Å². The molecular formula is C29H36FNO5. The van der Waals surface area contributed by atoms with Crippen molar-refractivity contribution in [1.29, 1.82) is 0 Å². The fourth-order valence-electron chi connectivity index (χ4n) is 4.65. The van der Waals surface area contributed by atoms with Crippen LogP contribution in [0.2, 0.25) is 0 Å². The van der Waals surface area contributed by atoms with Gasteiger partial charge in [0.05, 0.1) is 11.8 Å². The minimum atomic E-state index is -1.10. The molecule has 7 heteroatoms. The van der Waals surface area contributed by atoms with Crippen LogP contribution in [-0.2, 0) is 33.7 Å². The molecule has 36 heavy (non-hydrogen) atoms. The number of nitrogens with zero attached hydrogens (tertiary/aromatic N) is 1. The maximum absolute atomic E-state index is 13.7. The Morgan fingerprint density at radius 2 is 1.78 bits per heavy atom. The predicted octanol–water partition coefficient (Wildman–Crippen LogP) is 5.01. The zero-order valence-corrected chi connectivity index (χ0v) is 21.6. The number of carbonyl (C=O) groups excluding carboxylic acids is 2. The Balaban J connectivity index is 1.97. The van der Waals surface area contributed by atoms with E-state index in [1.807, 2.05) is 6.92 Å². The molecule has 1 aliphatic carbocycles. The van der Waals surface area contributed by atoms with Crippen LogP contribution in [0.15, 0.2) is 35.1 Å². The van der Waals surface area contributed by atoms with Gasteiger partial charge in [0.25, 0.3) is 5.56 Å². The molecule has 0 radical (unpaired) electrons. The topological polar surface area (TPSA) is 85.6 Å². The van der Waals surface area contributed by atoms with Crippen molar-refractivity contribution in [3.63, 3.8) is 0 Å². The summed E-state index contributed by atoms with van der Waals surface area (Å²) in [7, 11) is 0. The van der Waals surface area contributed by atoms with Crippen molar-refractivity contribution < 1.29 is 23.8 Å². The number of Topliss-reactive ketones (excluding diaryl/α,β-unsaturated/α-hetero) is 1. The minimum absolute atomic E-state index is 0.0175. The van der Waals surface area contributed by atoms with Gasteiger partial charge in [-0.25, -0.2) is 4.39 Å².